The number of carbonyl (C=O) groups is 1. The summed E-state index contributed by atoms with van der Waals surface area (Å²) in [5.41, 5.74) is 3.53. The molecule has 0 aliphatic rings. The molecule has 3 aromatic rings. The van der Waals surface area contributed by atoms with Gasteiger partial charge in [-0.15, -0.1) is 11.8 Å². The van der Waals surface area contributed by atoms with Gasteiger partial charge < -0.3 is 9.47 Å². The minimum Gasteiger partial charge on any atom is -0.493 e. The van der Waals surface area contributed by atoms with E-state index in [1.54, 1.807) is 0 Å². The van der Waals surface area contributed by atoms with Gasteiger partial charge in [0.15, 0.2) is 0 Å². The minimum atomic E-state index is -0.217. The molecular formula is C28H30Cl2O3S. The lowest BCUT2D eigenvalue weighted by atomic mass is 9.86. The summed E-state index contributed by atoms with van der Waals surface area (Å²) in [6, 6.07) is 24.2. The van der Waals surface area contributed by atoms with Crippen LogP contribution < -0.4 is 4.74 Å². The Kier molecular flexibility index (Phi) is 10.2. The molecule has 0 bridgehead atoms. The fraction of sp³-hybridized carbons (Fsp3) is 0.321. The van der Waals surface area contributed by atoms with Gasteiger partial charge in [0, 0.05) is 22.2 Å². The van der Waals surface area contributed by atoms with E-state index in [1.165, 1.54) is 18.2 Å². The maximum atomic E-state index is 11.3. The zero-order valence-electron chi connectivity index (χ0n) is 19.6. The number of esters is 1. The summed E-state index contributed by atoms with van der Waals surface area (Å²) in [5, 5.41) is 1.46. The van der Waals surface area contributed by atoms with Crippen LogP contribution in [0.3, 0.4) is 0 Å². The molecule has 34 heavy (non-hydrogen) atoms. The highest BCUT2D eigenvalue weighted by atomic mass is 35.5. The van der Waals surface area contributed by atoms with Crippen LogP contribution in [0.4, 0.5) is 0 Å². The molecule has 180 valence electrons. The summed E-state index contributed by atoms with van der Waals surface area (Å²) in [4.78, 5) is 11.3. The van der Waals surface area contributed by atoms with Crippen LogP contribution in [0.15, 0.2) is 72.8 Å². The predicted molar refractivity (Wildman–Crippen MR) is 143 cm³/mol. The lowest BCUT2D eigenvalue weighted by Gasteiger charge is -2.35. The molecule has 0 fully saturated rings. The molecule has 0 spiro atoms. The Morgan fingerprint density at radius 3 is 1.94 bits per heavy atom. The Bertz CT molecular complexity index is 989. The van der Waals surface area contributed by atoms with Crippen molar-refractivity contribution >= 4 is 40.9 Å². The van der Waals surface area contributed by atoms with Gasteiger partial charge in [-0.25, -0.2) is 0 Å². The topological polar surface area (TPSA) is 35.5 Å². The lowest BCUT2D eigenvalue weighted by molar-refractivity contribution is -0.140. The molecule has 3 nitrogen and oxygen atoms in total. The number of hydrogen-bond donors (Lipinski definition) is 0. The van der Waals surface area contributed by atoms with Crippen molar-refractivity contribution in [3.63, 3.8) is 0 Å². The van der Waals surface area contributed by atoms with E-state index in [2.05, 4.69) is 31.2 Å². The lowest BCUT2D eigenvalue weighted by Crippen LogP contribution is -2.25. The molecule has 0 saturated carbocycles. The first-order chi connectivity index (χ1) is 16.5. The van der Waals surface area contributed by atoms with Crippen LogP contribution in [0.1, 0.15) is 42.9 Å². The third-order valence-corrected chi connectivity index (χ3v) is 7.74. The van der Waals surface area contributed by atoms with E-state index in [0.29, 0.717) is 19.4 Å². The molecule has 3 rings (SSSR count). The number of carbonyl (C=O) groups excluding carboxylic acids is 1. The molecular weight excluding hydrogens is 487 g/mol. The Labute approximate surface area is 216 Å². The Balaban J connectivity index is 1.69. The second-order valence-electron chi connectivity index (χ2n) is 8.01. The van der Waals surface area contributed by atoms with Crippen molar-refractivity contribution in [3.8, 4) is 5.75 Å². The number of halogens is 2. The molecule has 0 aromatic heterocycles. The normalized spacial score (nSPS) is 11.3. The van der Waals surface area contributed by atoms with Gasteiger partial charge in [0.05, 0.1) is 18.5 Å². The maximum absolute atomic E-state index is 11.3. The highest BCUT2D eigenvalue weighted by Crippen LogP contribution is 2.47. The van der Waals surface area contributed by atoms with E-state index in [4.69, 9.17) is 32.7 Å². The van der Waals surface area contributed by atoms with Gasteiger partial charge in [-0.3, -0.25) is 4.79 Å². The molecule has 0 unspecified atom stereocenters. The molecule has 0 N–H and O–H groups in total. The fourth-order valence-electron chi connectivity index (χ4n) is 3.96. The molecule has 0 aliphatic heterocycles. The van der Waals surface area contributed by atoms with Crippen molar-refractivity contribution in [3.05, 3.63) is 99.5 Å². The standard InChI is InChI=1S/C28H30Cl2O3S/c1-3-18-28(22-7-11-24(29)12-8-22,23-9-13-25(30)14-10-23)34-20-19-33-26-15-4-21(5-16-26)6-17-27(31)32-2/h4-5,7-16H,3,6,17-20H2,1-2H3. The van der Waals surface area contributed by atoms with E-state index in [1.807, 2.05) is 60.3 Å². The van der Waals surface area contributed by atoms with Crippen molar-refractivity contribution in [2.24, 2.45) is 0 Å². The van der Waals surface area contributed by atoms with Crippen molar-refractivity contribution in [1.29, 1.82) is 0 Å². The fourth-order valence-corrected chi connectivity index (χ4v) is 5.68. The Morgan fingerprint density at radius 1 is 0.882 bits per heavy atom. The van der Waals surface area contributed by atoms with Crippen molar-refractivity contribution in [1.82, 2.24) is 0 Å². The molecule has 0 aliphatic carbocycles. The first-order valence-corrected chi connectivity index (χ1v) is 13.2. The number of methoxy groups -OCH3 is 1. The van der Waals surface area contributed by atoms with Gasteiger partial charge in [-0.1, -0.05) is 72.9 Å². The second kappa shape index (κ2) is 13.1. The molecule has 0 amide bonds. The summed E-state index contributed by atoms with van der Waals surface area (Å²) >= 11 is 14.3. The van der Waals surface area contributed by atoms with Gasteiger partial charge in [0.25, 0.3) is 0 Å². The van der Waals surface area contributed by atoms with Crippen LogP contribution in [0.2, 0.25) is 10.0 Å². The second-order valence-corrected chi connectivity index (χ2v) is 10.3. The maximum Gasteiger partial charge on any atom is 0.305 e. The van der Waals surface area contributed by atoms with E-state index >= 15 is 0 Å². The van der Waals surface area contributed by atoms with Crippen molar-refractivity contribution in [2.45, 2.75) is 37.4 Å². The molecule has 0 saturated heterocycles. The minimum absolute atomic E-state index is 0.200. The molecule has 6 heteroatoms. The van der Waals surface area contributed by atoms with E-state index < -0.39 is 0 Å². The molecule has 0 heterocycles. The van der Waals surface area contributed by atoms with Crippen LogP contribution in [-0.2, 0) is 20.7 Å². The highest BCUT2D eigenvalue weighted by molar-refractivity contribution is 8.00. The average molecular weight is 518 g/mol. The quantitative estimate of drug-likeness (QED) is 0.180. The monoisotopic (exact) mass is 516 g/mol. The smallest absolute Gasteiger partial charge is 0.305 e. The SMILES string of the molecule is CCCC(SCCOc1ccc(CCC(=O)OC)cc1)(c1ccc(Cl)cc1)c1ccc(Cl)cc1. The third-order valence-electron chi connectivity index (χ3n) is 5.69. The largest absolute Gasteiger partial charge is 0.493 e. The summed E-state index contributed by atoms with van der Waals surface area (Å²) in [5.74, 6) is 1.44. The zero-order chi connectivity index (χ0) is 24.4. The van der Waals surface area contributed by atoms with Crippen LogP contribution in [0, 0.1) is 0 Å². The third kappa shape index (κ3) is 7.18. The first-order valence-electron chi connectivity index (χ1n) is 11.4. The number of benzene rings is 3. The van der Waals surface area contributed by atoms with E-state index in [9.17, 15) is 4.79 Å². The van der Waals surface area contributed by atoms with Gasteiger partial charge in [-0.05, 0) is 65.9 Å². The van der Waals surface area contributed by atoms with Gasteiger partial charge in [0.2, 0.25) is 0 Å². The van der Waals surface area contributed by atoms with Gasteiger partial charge in [-0.2, -0.15) is 0 Å². The number of rotatable bonds is 12. The number of ether oxygens (including phenoxy) is 2. The molecule has 0 radical (unpaired) electrons. The van der Waals surface area contributed by atoms with Crippen molar-refractivity contribution < 1.29 is 14.3 Å². The highest BCUT2D eigenvalue weighted by Gasteiger charge is 2.34. The Hall–Kier alpha value is -2.14. The van der Waals surface area contributed by atoms with Crippen LogP contribution in [0.5, 0.6) is 5.75 Å². The van der Waals surface area contributed by atoms with Crippen LogP contribution in [-0.4, -0.2) is 25.4 Å². The molecule has 3 aromatic carbocycles. The number of aryl methyl sites for hydroxylation is 1. The summed E-state index contributed by atoms with van der Waals surface area (Å²) in [7, 11) is 1.41. The van der Waals surface area contributed by atoms with Gasteiger partial charge >= 0.3 is 5.97 Å². The van der Waals surface area contributed by atoms with Crippen molar-refractivity contribution in [2.75, 3.05) is 19.5 Å². The van der Waals surface area contributed by atoms with E-state index in [0.717, 1.165) is 40.0 Å². The number of hydrogen-bond acceptors (Lipinski definition) is 4. The number of thioether (sulfide) groups is 1. The zero-order valence-corrected chi connectivity index (χ0v) is 21.9. The van der Waals surface area contributed by atoms with Crippen LogP contribution >= 0.6 is 35.0 Å². The Morgan fingerprint density at radius 2 is 1.44 bits per heavy atom. The molecule has 0 atom stereocenters. The summed E-state index contributed by atoms with van der Waals surface area (Å²) in [6.45, 7) is 2.79. The summed E-state index contributed by atoms with van der Waals surface area (Å²) in [6.07, 6.45) is 3.05. The predicted octanol–water partition coefficient (Wildman–Crippen LogP) is 7.95. The van der Waals surface area contributed by atoms with Gasteiger partial charge in [0.1, 0.15) is 5.75 Å². The average Bonchev–Trinajstić information content (AvgIpc) is 2.86. The summed E-state index contributed by atoms with van der Waals surface area (Å²) < 4.78 is 10.5. The van der Waals surface area contributed by atoms with E-state index in [-0.39, 0.29) is 10.7 Å². The van der Waals surface area contributed by atoms with Crippen LogP contribution in [0.25, 0.3) is 0 Å². The first kappa shape index (κ1) is 26.5.